The second-order valence-corrected chi connectivity index (χ2v) is 4.69. The molecule has 72 valence electrons. The summed E-state index contributed by atoms with van der Waals surface area (Å²) in [6, 6.07) is 0.532. The molecule has 1 unspecified atom stereocenters. The lowest BCUT2D eigenvalue weighted by Gasteiger charge is -2.40. The summed E-state index contributed by atoms with van der Waals surface area (Å²) in [6.45, 7) is 6.05. The molecule has 0 aromatic carbocycles. The molecule has 2 rings (SSSR count). The standard InChI is InChI=1S/C9H15N3S/c1-6-7(2)13-9(11-6)12-4-3-8(12)5-10/h8H,3-5,10H2,1-2H3. The fraction of sp³-hybridized carbons (Fsp3) is 0.667. The van der Waals surface area contributed by atoms with Gasteiger partial charge < -0.3 is 10.6 Å². The molecular weight excluding hydrogens is 182 g/mol. The predicted octanol–water partition coefficient (Wildman–Crippen LogP) is 1.30. The minimum Gasteiger partial charge on any atom is -0.344 e. The third kappa shape index (κ3) is 1.44. The minimum atomic E-state index is 0.532. The van der Waals surface area contributed by atoms with Gasteiger partial charge in [-0.1, -0.05) is 0 Å². The van der Waals surface area contributed by atoms with E-state index in [1.54, 1.807) is 11.3 Å². The third-order valence-electron chi connectivity index (χ3n) is 2.68. The Kier molecular flexibility index (Phi) is 2.26. The Morgan fingerprint density at radius 2 is 2.38 bits per heavy atom. The van der Waals surface area contributed by atoms with Crippen LogP contribution in [0.5, 0.6) is 0 Å². The molecule has 1 saturated heterocycles. The number of aryl methyl sites for hydroxylation is 2. The van der Waals surface area contributed by atoms with Crippen molar-refractivity contribution in [3.05, 3.63) is 10.6 Å². The number of hydrogen-bond acceptors (Lipinski definition) is 4. The quantitative estimate of drug-likeness (QED) is 0.777. The van der Waals surface area contributed by atoms with Gasteiger partial charge in [0.15, 0.2) is 5.13 Å². The van der Waals surface area contributed by atoms with Gasteiger partial charge in [-0.2, -0.15) is 0 Å². The van der Waals surface area contributed by atoms with Gasteiger partial charge in [0.25, 0.3) is 0 Å². The Balaban J connectivity index is 2.16. The highest BCUT2D eigenvalue weighted by atomic mass is 32.1. The maximum atomic E-state index is 5.64. The van der Waals surface area contributed by atoms with Crippen molar-refractivity contribution in [1.82, 2.24) is 4.98 Å². The van der Waals surface area contributed by atoms with Gasteiger partial charge in [-0.15, -0.1) is 11.3 Å². The van der Waals surface area contributed by atoms with Gasteiger partial charge in [0, 0.05) is 24.0 Å². The fourth-order valence-corrected chi connectivity index (χ4v) is 2.52. The molecular formula is C9H15N3S. The molecule has 1 fully saturated rings. The molecule has 0 amide bonds. The highest BCUT2D eigenvalue weighted by molar-refractivity contribution is 7.15. The molecule has 13 heavy (non-hydrogen) atoms. The van der Waals surface area contributed by atoms with Crippen LogP contribution in [0.15, 0.2) is 0 Å². The summed E-state index contributed by atoms with van der Waals surface area (Å²) in [4.78, 5) is 8.15. The van der Waals surface area contributed by atoms with Crippen LogP contribution in [0, 0.1) is 13.8 Å². The van der Waals surface area contributed by atoms with E-state index in [9.17, 15) is 0 Å². The van der Waals surface area contributed by atoms with Gasteiger partial charge in [0.05, 0.1) is 5.69 Å². The van der Waals surface area contributed by atoms with Crippen LogP contribution in [0.3, 0.4) is 0 Å². The van der Waals surface area contributed by atoms with Crippen LogP contribution in [0.2, 0.25) is 0 Å². The summed E-state index contributed by atoms with van der Waals surface area (Å²) in [6.07, 6.45) is 1.22. The first-order valence-corrected chi connectivity index (χ1v) is 5.44. The van der Waals surface area contributed by atoms with Crippen molar-refractivity contribution in [3.8, 4) is 0 Å². The number of nitrogens with two attached hydrogens (primary N) is 1. The van der Waals surface area contributed by atoms with Crippen LogP contribution < -0.4 is 10.6 Å². The Labute approximate surface area is 82.6 Å². The molecule has 1 aliphatic rings. The van der Waals surface area contributed by atoms with E-state index in [0.29, 0.717) is 6.04 Å². The summed E-state index contributed by atoms with van der Waals surface area (Å²) in [7, 11) is 0. The average molecular weight is 197 g/mol. The highest BCUT2D eigenvalue weighted by Crippen LogP contribution is 2.31. The van der Waals surface area contributed by atoms with Gasteiger partial charge >= 0.3 is 0 Å². The van der Waals surface area contributed by atoms with Crippen LogP contribution in [0.1, 0.15) is 17.0 Å². The lowest BCUT2D eigenvalue weighted by molar-refractivity contribution is 0.455. The van der Waals surface area contributed by atoms with Gasteiger partial charge in [0.1, 0.15) is 0 Å². The molecule has 0 aliphatic carbocycles. The zero-order valence-electron chi connectivity index (χ0n) is 8.08. The maximum Gasteiger partial charge on any atom is 0.186 e. The Morgan fingerprint density at radius 3 is 2.77 bits per heavy atom. The smallest absolute Gasteiger partial charge is 0.186 e. The van der Waals surface area contributed by atoms with Gasteiger partial charge in [-0.05, 0) is 20.3 Å². The maximum absolute atomic E-state index is 5.64. The third-order valence-corrected chi connectivity index (χ3v) is 3.79. The molecule has 0 bridgehead atoms. The van der Waals surface area contributed by atoms with E-state index in [1.165, 1.54) is 11.3 Å². The Bertz CT molecular complexity index is 286. The van der Waals surface area contributed by atoms with Crippen molar-refractivity contribution < 1.29 is 0 Å². The number of anilines is 1. The van der Waals surface area contributed by atoms with Gasteiger partial charge in [-0.25, -0.2) is 4.98 Å². The lowest BCUT2D eigenvalue weighted by Crippen LogP contribution is -2.51. The monoisotopic (exact) mass is 197 g/mol. The number of thiazole rings is 1. The van der Waals surface area contributed by atoms with Crippen molar-refractivity contribution in [1.29, 1.82) is 0 Å². The van der Waals surface area contributed by atoms with Crippen LogP contribution in [-0.2, 0) is 0 Å². The van der Waals surface area contributed by atoms with Crippen LogP contribution in [-0.4, -0.2) is 24.1 Å². The van der Waals surface area contributed by atoms with Crippen molar-refractivity contribution in [2.24, 2.45) is 5.73 Å². The molecule has 1 aromatic heterocycles. The summed E-state index contributed by atoms with van der Waals surface area (Å²) >= 11 is 1.78. The van der Waals surface area contributed by atoms with Crippen LogP contribution >= 0.6 is 11.3 Å². The SMILES string of the molecule is Cc1nc(N2CCC2CN)sc1C. The van der Waals surface area contributed by atoms with Crippen molar-refractivity contribution in [3.63, 3.8) is 0 Å². The summed E-state index contributed by atoms with van der Waals surface area (Å²) in [5, 5.41) is 1.15. The first-order chi connectivity index (χ1) is 6.22. The zero-order chi connectivity index (χ0) is 9.42. The summed E-state index contributed by atoms with van der Waals surface area (Å²) in [5.74, 6) is 0. The molecule has 1 aromatic rings. The van der Waals surface area contributed by atoms with Gasteiger partial charge in [0.2, 0.25) is 0 Å². The van der Waals surface area contributed by atoms with E-state index >= 15 is 0 Å². The fourth-order valence-electron chi connectivity index (χ4n) is 1.52. The van der Waals surface area contributed by atoms with Crippen molar-refractivity contribution in [2.75, 3.05) is 18.0 Å². The second kappa shape index (κ2) is 3.27. The normalized spacial score (nSPS) is 21.8. The molecule has 0 radical (unpaired) electrons. The first-order valence-electron chi connectivity index (χ1n) is 4.63. The summed E-state index contributed by atoms with van der Waals surface area (Å²) in [5.41, 5.74) is 6.80. The first kappa shape index (κ1) is 8.97. The second-order valence-electron chi connectivity index (χ2n) is 3.51. The Morgan fingerprint density at radius 1 is 1.62 bits per heavy atom. The molecule has 2 N–H and O–H groups in total. The molecule has 0 saturated carbocycles. The van der Waals surface area contributed by atoms with Crippen molar-refractivity contribution in [2.45, 2.75) is 26.3 Å². The highest BCUT2D eigenvalue weighted by Gasteiger charge is 2.28. The largest absolute Gasteiger partial charge is 0.344 e. The lowest BCUT2D eigenvalue weighted by atomic mass is 10.1. The van der Waals surface area contributed by atoms with E-state index in [1.807, 2.05) is 0 Å². The number of nitrogens with zero attached hydrogens (tertiary/aromatic N) is 2. The van der Waals surface area contributed by atoms with E-state index in [0.717, 1.165) is 23.9 Å². The number of aromatic nitrogens is 1. The average Bonchev–Trinajstić information content (AvgIpc) is 2.30. The van der Waals surface area contributed by atoms with Crippen molar-refractivity contribution >= 4 is 16.5 Å². The topological polar surface area (TPSA) is 42.2 Å². The van der Waals surface area contributed by atoms with Gasteiger partial charge in [-0.3, -0.25) is 0 Å². The molecule has 3 nitrogen and oxygen atoms in total. The van der Waals surface area contributed by atoms with E-state index in [-0.39, 0.29) is 0 Å². The van der Waals surface area contributed by atoms with E-state index in [2.05, 4.69) is 23.7 Å². The van der Waals surface area contributed by atoms with Crippen LogP contribution in [0.25, 0.3) is 0 Å². The molecule has 0 spiro atoms. The van der Waals surface area contributed by atoms with E-state index in [4.69, 9.17) is 5.73 Å². The minimum absolute atomic E-state index is 0.532. The van der Waals surface area contributed by atoms with E-state index < -0.39 is 0 Å². The Hall–Kier alpha value is -0.610. The zero-order valence-corrected chi connectivity index (χ0v) is 8.90. The molecule has 1 aliphatic heterocycles. The van der Waals surface area contributed by atoms with Crippen LogP contribution in [0.4, 0.5) is 5.13 Å². The molecule has 4 heteroatoms. The molecule has 1 atom stereocenters. The molecule has 2 heterocycles. The number of rotatable bonds is 2. The predicted molar refractivity (Wildman–Crippen MR) is 56.4 cm³/mol. The summed E-state index contributed by atoms with van der Waals surface area (Å²) < 4.78 is 0. The number of hydrogen-bond donors (Lipinski definition) is 1.